The second-order valence-corrected chi connectivity index (χ2v) is 12.5. The average Bonchev–Trinajstić information content (AvgIpc) is 3.04. The highest BCUT2D eigenvalue weighted by atomic mass is 16.4. The number of nitrogens with zero attached hydrogens (tertiary/aromatic N) is 3. The average molecular weight is 596 g/mol. The smallest absolute Gasteiger partial charge is 0.336 e. The zero-order chi connectivity index (χ0) is 31.1. The molecule has 4 N–H and O–H groups in total. The molecule has 0 amide bonds. The summed E-state index contributed by atoms with van der Waals surface area (Å²) in [7, 11) is 3.80. The van der Waals surface area contributed by atoms with Gasteiger partial charge in [-0.2, -0.15) is 0 Å². The van der Waals surface area contributed by atoms with E-state index in [2.05, 4.69) is 15.1 Å². The van der Waals surface area contributed by atoms with Gasteiger partial charge >= 0.3 is 5.97 Å². The van der Waals surface area contributed by atoms with E-state index in [0.717, 1.165) is 44.7 Å². The molecule has 1 aliphatic carbocycles. The van der Waals surface area contributed by atoms with E-state index in [0.29, 0.717) is 39.8 Å². The number of carboxylic acid groups (broad SMARTS) is 1. The Hall–Kier alpha value is -4.21. The van der Waals surface area contributed by atoms with E-state index in [4.69, 9.17) is 5.73 Å². The highest BCUT2D eigenvalue weighted by Gasteiger charge is 2.36. The fraction of sp³-hybridized carbons (Fsp3) is 0.400. The lowest BCUT2D eigenvalue weighted by molar-refractivity contribution is 0.0693. The van der Waals surface area contributed by atoms with Gasteiger partial charge in [-0.15, -0.1) is 0 Å². The molecule has 9 heteroatoms. The van der Waals surface area contributed by atoms with Crippen molar-refractivity contribution in [2.45, 2.75) is 51.1 Å². The van der Waals surface area contributed by atoms with Gasteiger partial charge in [0.15, 0.2) is 11.6 Å². The van der Waals surface area contributed by atoms with Crippen LogP contribution in [0.4, 0.5) is 22.7 Å². The maximum Gasteiger partial charge on any atom is 0.336 e. The van der Waals surface area contributed by atoms with Crippen LogP contribution in [0.15, 0.2) is 48.5 Å². The van der Waals surface area contributed by atoms with Crippen LogP contribution in [0.1, 0.15) is 92.8 Å². The third-order valence-electron chi connectivity index (χ3n) is 9.71. The lowest BCUT2D eigenvalue weighted by Crippen LogP contribution is -2.47. The molecule has 3 aromatic carbocycles. The first-order chi connectivity index (χ1) is 21.2. The van der Waals surface area contributed by atoms with Crippen molar-refractivity contribution in [1.29, 1.82) is 0 Å². The first-order valence-electron chi connectivity index (χ1n) is 15.6. The molecule has 1 unspecified atom stereocenters. The Balaban J connectivity index is 1.42. The highest BCUT2D eigenvalue weighted by Crippen LogP contribution is 2.43. The van der Waals surface area contributed by atoms with E-state index in [1.807, 2.05) is 38.1 Å². The van der Waals surface area contributed by atoms with Crippen molar-refractivity contribution >= 4 is 40.3 Å². The number of nitrogens with one attached hydrogen (secondary N) is 1. The van der Waals surface area contributed by atoms with Gasteiger partial charge in [0.1, 0.15) is 0 Å². The van der Waals surface area contributed by atoms with E-state index in [9.17, 15) is 19.5 Å². The SMILES string of the molecule is CC(c1cc(Nc2cc(N3CCC(N4CCCCC4)CC3)c(N)c3c2C(=O)c2ccccc2C3=O)ccc1C(=O)O)N(C)C. The maximum absolute atomic E-state index is 14.0. The molecule has 230 valence electrons. The van der Waals surface area contributed by atoms with Crippen LogP contribution in [0.5, 0.6) is 0 Å². The topological polar surface area (TPSA) is 119 Å². The lowest BCUT2D eigenvalue weighted by Gasteiger charge is -2.41. The van der Waals surface area contributed by atoms with Crippen LogP contribution in [0.3, 0.4) is 0 Å². The third-order valence-corrected chi connectivity index (χ3v) is 9.71. The second-order valence-electron chi connectivity index (χ2n) is 12.5. The van der Waals surface area contributed by atoms with Gasteiger partial charge in [0, 0.05) is 42.0 Å². The van der Waals surface area contributed by atoms with Crippen LogP contribution >= 0.6 is 0 Å². The van der Waals surface area contributed by atoms with Crippen LogP contribution in [0.25, 0.3) is 0 Å². The number of carbonyl (C=O) groups excluding carboxylic acids is 2. The fourth-order valence-corrected chi connectivity index (χ4v) is 7.03. The minimum Gasteiger partial charge on any atom is -0.478 e. The summed E-state index contributed by atoms with van der Waals surface area (Å²) < 4.78 is 0. The number of hydrogen-bond acceptors (Lipinski definition) is 8. The standard InChI is InChI=1S/C35H41N5O4/c1-21(38(2)3)27-19-22(11-12-26(27)35(43)44)37-28-20-29(40-17-13-23(14-18-40)39-15-7-4-8-16-39)32(36)31-30(28)33(41)24-9-5-6-10-25(24)34(31)42/h5-6,9-12,19-21,23,37H,4,7-8,13-18,36H2,1-3H3,(H,43,44). The second kappa shape index (κ2) is 12.1. The van der Waals surface area contributed by atoms with Gasteiger partial charge in [-0.1, -0.05) is 30.7 Å². The minimum atomic E-state index is -1.00. The zero-order valence-corrected chi connectivity index (χ0v) is 25.7. The largest absolute Gasteiger partial charge is 0.478 e. The number of likely N-dealkylation sites (tertiary alicyclic amines) is 1. The van der Waals surface area contributed by atoms with Gasteiger partial charge in [0.2, 0.25) is 0 Å². The number of hydrogen-bond donors (Lipinski definition) is 3. The number of nitrogens with two attached hydrogens (primary N) is 1. The van der Waals surface area contributed by atoms with Gasteiger partial charge in [0.25, 0.3) is 0 Å². The molecule has 2 heterocycles. The predicted molar refractivity (Wildman–Crippen MR) is 174 cm³/mol. The van der Waals surface area contributed by atoms with Crippen molar-refractivity contribution in [3.05, 3.63) is 81.9 Å². The summed E-state index contributed by atoms with van der Waals surface area (Å²) in [6.07, 6.45) is 5.84. The first-order valence-corrected chi connectivity index (χ1v) is 15.6. The normalized spacial score (nSPS) is 18.2. The Morgan fingerprint density at radius 1 is 0.932 bits per heavy atom. The van der Waals surface area contributed by atoms with Crippen molar-refractivity contribution in [2.75, 3.05) is 56.2 Å². The Morgan fingerprint density at radius 3 is 2.18 bits per heavy atom. The number of carboxylic acids is 1. The Morgan fingerprint density at radius 2 is 1.57 bits per heavy atom. The van der Waals surface area contributed by atoms with Gasteiger partial charge < -0.3 is 30.9 Å². The minimum absolute atomic E-state index is 0.171. The Kier molecular flexibility index (Phi) is 8.18. The van der Waals surface area contributed by atoms with Crippen LogP contribution in [0, 0.1) is 0 Å². The molecule has 9 nitrogen and oxygen atoms in total. The van der Waals surface area contributed by atoms with Crippen molar-refractivity contribution in [1.82, 2.24) is 9.80 Å². The van der Waals surface area contributed by atoms with Crippen molar-refractivity contribution in [2.24, 2.45) is 0 Å². The summed E-state index contributed by atoms with van der Waals surface area (Å²) in [4.78, 5) is 46.8. The summed E-state index contributed by atoms with van der Waals surface area (Å²) >= 11 is 0. The number of nitrogen functional groups attached to an aromatic ring is 1. The molecular weight excluding hydrogens is 554 g/mol. The summed E-state index contributed by atoms with van der Waals surface area (Å²) in [6.45, 7) is 5.87. The molecule has 44 heavy (non-hydrogen) atoms. The Labute approximate surface area is 258 Å². The quantitative estimate of drug-likeness (QED) is 0.236. The monoisotopic (exact) mass is 595 g/mol. The van der Waals surface area contributed by atoms with E-state index < -0.39 is 5.97 Å². The van der Waals surface area contributed by atoms with E-state index in [1.165, 1.54) is 19.3 Å². The molecule has 1 atom stereocenters. The molecule has 3 aromatic rings. The summed E-state index contributed by atoms with van der Waals surface area (Å²) in [6, 6.07) is 14.2. The number of anilines is 4. The highest BCUT2D eigenvalue weighted by molar-refractivity contribution is 6.32. The van der Waals surface area contributed by atoms with Gasteiger partial charge in [-0.05, 0) is 89.6 Å². The molecular formula is C35H41N5O4. The lowest BCUT2D eigenvalue weighted by atomic mass is 9.81. The number of carbonyl (C=O) groups is 3. The molecule has 0 bridgehead atoms. The zero-order valence-electron chi connectivity index (χ0n) is 25.7. The molecule has 2 aliphatic heterocycles. The summed E-state index contributed by atoms with van der Waals surface area (Å²) in [5, 5.41) is 13.3. The molecule has 2 fully saturated rings. The summed E-state index contributed by atoms with van der Waals surface area (Å²) in [5.74, 6) is -1.52. The van der Waals surface area contributed by atoms with Crippen LogP contribution in [-0.2, 0) is 0 Å². The van der Waals surface area contributed by atoms with Crippen LogP contribution < -0.4 is 16.0 Å². The maximum atomic E-state index is 14.0. The predicted octanol–water partition coefficient (Wildman–Crippen LogP) is 5.56. The molecule has 0 saturated carbocycles. The molecule has 0 spiro atoms. The molecule has 3 aliphatic rings. The van der Waals surface area contributed by atoms with E-state index >= 15 is 0 Å². The molecule has 2 saturated heterocycles. The number of ketones is 2. The molecule has 0 aromatic heterocycles. The number of benzene rings is 3. The van der Waals surface area contributed by atoms with Gasteiger partial charge in [0.05, 0.1) is 33.8 Å². The summed E-state index contributed by atoms with van der Waals surface area (Å²) in [5.41, 5.74) is 11.1. The third kappa shape index (κ3) is 5.35. The van der Waals surface area contributed by atoms with E-state index in [1.54, 1.807) is 36.4 Å². The van der Waals surface area contributed by atoms with E-state index in [-0.39, 0.29) is 34.3 Å². The first kappa shape index (κ1) is 29.8. The van der Waals surface area contributed by atoms with Crippen molar-refractivity contribution in [3.63, 3.8) is 0 Å². The van der Waals surface area contributed by atoms with Gasteiger partial charge in [-0.3, -0.25) is 9.59 Å². The van der Waals surface area contributed by atoms with Gasteiger partial charge in [-0.25, -0.2) is 4.79 Å². The fourth-order valence-electron chi connectivity index (χ4n) is 7.03. The Bertz CT molecular complexity index is 1620. The molecule has 0 radical (unpaired) electrons. The number of fused-ring (bicyclic) bond motifs is 2. The number of aromatic carboxylic acids is 1. The van der Waals surface area contributed by atoms with Crippen molar-refractivity contribution < 1.29 is 19.5 Å². The molecule has 6 rings (SSSR count). The van der Waals surface area contributed by atoms with Crippen LogP contribution in [-0.4, -0.2) is 78.8 Å². The number of piperidine rings is 2. The van der Waals surface area contributed by atoms with Crippen LogP contribution in [0.2, 0.25) is 0 Å². The number of rotatable bonds is 7. The van der Waals surface area contributed by atoms with Crippen molar-refractivity contribution in [3.8, 4) is 0 Å².